The maximum atomic E-state index is 12.9. The lowest BCUT2D eigenvalue weighted by atomic mass is 9.99. The van der Waals surface area contributed by atoms with Crippen molar-refractivity contribution in [3.8, 4) is 17.7 Å². The summed E-state index contributed by atoms with van der Waals surface area (Å²) in [7, 11) is 0. The number of carbonyl (C=O) groups is 1. The van der Waals surface area contributed by atoms with E-state index in [4.69, 9.17) is 4.74 Å². The van der Waals surface area contributed by atoms with E-state index in [1.807, 2.05) is 32.0 Å². The van der Waals surface area contributed by atoms with Crippen LogP contribution in [0.25, 0.3) is 0 Å². The first kappa shape index (κ1) is 20.2. The molecule has 142 valence electrons. The zero-order valence-corrected chi connectivity index (χ0v) is 16.1. The predicted molar refractivity (Wildman–Crippen MR) is 102 cm³/mol. The summed E-state index contributed by atoms with van der Waals surface area (Å²) in [5.74, 6) is -0.362. The highest BCUT2D eigenvalue weighted by Gasteiger charge is 2.27. The Labute approximate surface area is 158 Å². The first-order valence-electron chi connectivity index (χ1n) is 9.01. The molecular weight excluding hydrogens is 344 g/mol. The molecule has 2 aromatic rings. The monoisotopic (exact) mass is 368 g/mol. The van der Waals surface area contributed by atoms with Crippen LogP contribution in [-0.2, 0) is 13.0 Å². The van der Waals surface area contributed by atoms with Gasteiger partial charge in [-0.3, -0.25) is 14.2 Å². The summed E-state index contributed by atoms with van der Waals surface area (Å²) in [6.45, 7) is 7.17. The van der Waals surface area contributed by atoms with Gasteiger partial charge >= 0.3 is 0 Å². The van der Waals surface area contributed by atoms with E-state index >= 15 is 0 Å². The molecule has 1 N–H and O–H groups in total. The second-order valence-electron chi connectivity index (χ2n) is 6.39. The second-order valence-corrected chi connectivity index (χ2v) is 6.39. The minimum atomic E-state index is -0.888. The second kappa shape index (κ2) is 8.54. The third kappa shape index (κ3) is 4.03. The molecule has 0 saturated carbocycles. The van der Waals surface area contributed by atoms with Crippen LogP contribution in [0.1, 0.15) is 54.2 Å². The van der Waals surface area contributed by atoms with Crippen LogP contribution in [-0.4, -0.2) is 21.6 Å². The summed E-state index contributed by atoms with van der Waals surface area (Å²) < 4.78 is 6.78. The lowest BCUT2D eigenvalue weighted by Gasteiger charge is -2.19. The molecule has 1 aromatic carbocycles. The van der Waals surface area contributed by atoms with Crippen LogP contribution in [0.2, 0.25) is 0 Å². The first-order chi connectivity index (χ1) is 12.8. The van der Waals surface area contributed by atoms with E-state index in [0.29, 0.717) is 12.2 Å². The highest BCUT2D eigenvalue weighted by atomic mass is 16.5. The highest BCUT2D eigenvalue weighted by molar-refractivity contribution is 6.03. The number of nitriles is 1. The highest BCUT2D eigenvalue weighted by Crippen LogP contribution is 2.25. The van der Waals surface area contributed by atoms with Crippen molar-refractivity contribution >= 4 is 5.78 Å². The fourth-order valence-corrected chi connectivity index (χ4v) is 2.94. The molecule has 27 heavy (non-hydrogen) atoms. The number of hydrogen-bond acceptors (Lipinski definition) is 5. The van der Waals surface area contributed by atoms with Crippen LogP contribution < -0.4 is 10.3 Å². The maximum absolute atomic E-state index is 12.9. The molecule has 0 radical (unpaired) electrons. The van der Waals surface area contributed by atoms with E-state index < -0.39 is 23.3 Å². The van der Waals surface area contributed by atoms with Crippen molar-refractivity contribution in [1.29, 1.82) is 5.26 Å². The third-order valence-electron chi connectivity index (χ3n) is 4.51. The fourth-order valence-electron chi connectivity index (χ4n) is 2.94. The van der Waals surface area contributed by atoms with E-state index in [9.17, 15) is 20.0 Å². The molecule has 0 aliphatic carbocycles. The topological polar surface area (TPSA) is 92.3 Å². The molecule has 1 heterocycles. The van der Waals surface area contributed by atoms with Crippen molar-refractivity contribution in [2.45, 2.75) is 53.2 Å². The SMILES string of the molecule is CCCn1c(O)c(C(=O)C(C)Oc2ccc(CC)cc2)c(C)c(C#N)c1=O. The molecule has 6 heteroatoms. The van der Waals surface area contributed by atoms with Gasteiger partial charge in [-0.05, 0) is 49.9 Å². The van der Waals surface area contributed by atoms with E-state index in [1.54, 1.807) is 19.1 Å². The molecule has 0 aliphatic rings. The minimum Gasteiger partial charge on any atom is -0.494 e. The zero-order chi connectivity index (χ0) is 20.1. The summed E-state index contributed by atoms with van der Waals surface area (Å²) >= 11 is 0. The smallest absolute Gasteiger partial charge is 0.271 e. The van der Waals surface area contributed by atoms with Crippen LogP contribution >= 0.6 is 0 Å². The van der Waals surface area contributed by atoms with Crippen LogP contribution in [0.3, 0.4) is 0 Å². The van der Waals surface area contributed by atoms with E-state index in [1.165, 1.54) is 6.92 Å². The third-order valence-corrected chi connectivity index (χ3v) is 4.51. The summed E-state index contributed by atoms with van der Waals surface area (Å²) in [4.78, 5) is 25.3. The number of Topliss-reactive ketones (excluding diaryl/α,β-unsaturated/α-hetero) is 1. The van der Waals surface area contributed by atoms with E-state index in [2.05, 4.69) is 0 Å². The number of ether oxygens (including phenoxy) is 1. The summed E-state index contributed by atoms with van der Waals surface area (Å²) in [6, 6.07) is 9.26. The van der Waals surface area contributed by atoms with Crippen molar-refractivity contribution in [3.63, 3.8) is 0 Å². The van der Waals surface area contributed by atoms with Gasteiger partial charge in [0.15, 0.2) is 6.10 Å². The normalized spacial score (nSPS) is 11.7. The van der Waals surface area contributed by atoms with Crippen molar-refractivity contribution < 1.29 is 14.6 Å². The van der Waals surface area contributed by atoms with Gasteiger partial charge in [0.1, 0.15) is 17.4 Å². The first-order valence-corrected chi connectivity index (χ1v) is 9.01. The molecular formula is C21H24N2O4. The average Bonchev–Trinajstić information content (AvgIpc) is 2.66. The Morgan fingerprint density at radius 1 is 1.30 bits per heavy atom. The van der Waals surface area contributed by atoms with Crippen LogP contribution in [0.4, 0.5) is 0 Å². The lowest BCUT2D eigenvalue weighted by molar-refractivity contribution is 0.0812. The Bertz CT molecular complexity index is 937. The number of hydrogen-bond donors (Lipinski definition) is 1. The van der Waals surface area contributed by atoms with Crippen LogP contribution in [0.15, 0.2) is 29.1 Å². The number of ketones is 1. The van der Waals surface area contributed by atoms with E-state index in [-0.39, 0.29) is 23.2 Å². The number of carbonyl (C=O) groups excluding carboxylic acids is 1. The van der Waals surface area contributed by atoms with Gasteiger partial charge in [0.25, 0.3) is 5.56 Å². The average molecular weight is 368 g/mol. The molecule has 0 amide bonds. The number of pyridine rings is 1. The molecule has 0 aliphatic heterocycles. The fraction of sp³-hybridized carbons (Fsp3) is 0.381. The Hall–Kier alpha value is -3.07. The lowest BCUT2D eigenvalue weighted by Crippen LogP contribution is -2.30. The van der Waals surface area contributed by atoms with Crippen LogP contribution in [0.5, 0.6) is 11.6 Å². The maximum Gasteiger partial charge on any atom is 0.271 e. The van der Waals surface area contributed by atoms with Gasteiger partial charge in [-0.25, -0.2) is 0 Å². The number of aromatic hydroxyl groups is 1. The van der Waals surface area contributed by atoms with Gasteiger partial charge in [-0.15, -0.1) is 0 Å². The molecule has 1 aromatic heterocycles. The van der Waals surface area contributed by atoms with Gasteiger partial charge in [0, 0.05) is 6.54 Å². The molecule has 0 saturated heterocycles. The number of benzene rings is 1. The molecule has 0 fully saturated rings. The summed E-state index contributed by atoms with van der Waals surface area (Å²) in [5.41, 5.74) is 0.560. The number of nitrogens with zero attached hydrogens (tertiary/aromatic N) is 2. The molecule has 1 atom stereocenters. The Kier molecular flexibility index (Phi) is 6.40. The van der Waals surface area contributed by atoms with E-state index in [0.717, 1.165) is 16.6 Å². The molecule has 1 unspecified atom stereocenters. The Morgan fingerprint density at radius 2 is 1.93 bits per heavy atom. The van der Waals surface area contributed by atoms with Gasteiger partial charge in [0.05, 0.1) is 5.56 Å². The quantitative estimate of drug-likeness (QED) is 0.757. The van der Waals surface area contributed by atoms with Gasteiger partial charge in [-0.2, -0.15) is 5.26 Å². The van der Waals surface area contributed by atoms with Crippen molar-refractivity contribution in [2.24, 2.45) is 0 Å². The Morgan fingerprint density at radius 3 is 2.44 bits per heavy atom. The van der Waals surface area contributed by atoms with Crippen molar-refractivity contribution in [2.75, 3.05) is 0 Å². The standard InChI is InChI=1S/C21H24N2O4/c1-5-11-23-20(25)17(12-22)13(3)18(21(23)26)19(24)14(4)27-16-9-7-15(6-2)8-10-16/h7-10,14,26H,5-6,11H2,1-4H3. The predicted octanol–water partition coefficient (Wildman–Crippen LogP) is 3.36. The molecule has 2 rings (SSSR count). The van der Waals surface area contributed by atoms with Gasteiger partial charge in [0.2, 0.25) is 11.7 Å². The summed E-state index contributed by atoms with van der Waals surface area (Å²) in [6.07, 6.45) is 0.587. The number of aryl methyl sites for hydroxylation is 1. The van der Waals surface area contributed by atoms with Crippen LogP contribution in [0, 0.1) is 18.3 Å². The van der Waals surface area contributed by atoms with Crippen molar-refractivity contribution in [1.82, 2.24) is 4.57 Å². The molecule has 0 bridgehead atoms. The molecule has 0 spiro atoms. The van der Waals surface area contributed by atoms with Gasteiger partial charge in [-0.1, -0.05) is 26.0 Å². The number of rotatable bonds is 7. The largest absolute Gasteiger partial charge is 0.494 e. The molecule has 6 nitrogen and oxygen atoms in total. The summed E-state index contributed by atoms with van der Waals surface area (Å²) in [5, 5.41) is 19.9. The van der Waals surface area contributed by atoms with Crippen molar-refractivity contribution in [3.05, 3.63) is 56.9 Å². The zero-order valence-electron chi connectivity index (χ0n) is 16.1. The Balaban J connectivity index is 2.43. The number of aromatic nitrogens is 1. The minimum absolute atomic E-state index is 0.0442. The van der Waals surface area contributed by atoms with Gasteiger partial charge < -0.3 is 9.84 Å².